The Morgan fingerprint density at radius 1 is 1.29 bits per heavy atom. The first-order valence-corrected chi connectivity index (χ1v) is 11.3. The first-order chi connectivity index (χ1) is 13.5. The number of methoxy groups -OCH3 is 1. The minimum absolute atomic E-state index is 0.227. The van der Waals surface area contributed by atoms with Crippen molar-refractivity contribution >= 4 is 38.6 Å². The van der Waals surface area contributed by atoms with Crippen LogP contribution in [0.15, 0.2) is 39.9 Å². The molecular formula is C18H24N4O4S2. The molecule has 1 aliphatic heterocycles. The van der Waals surface area contributed by atoms with E-state index < -0.39 is 10.0 Å². The fourth-order valence-corrected chi connectivity index (χ4v) is 4.99. The predicted octanol–water partition coefficient (Wildman–Crippen LogP) is 1.33. The Morgan fingerprint density at radius 3 is 2.75 bits per heavy atom. The van der Waals surface area contributed by atoms with E-state index in [1.54, 1.807) is 42.8 Å². The molecular weight excluding hydrogens is 400 g/mol. The number of carbonyl (C=O) groups is 1. The van der Waals surface area contributed by atoms with Crippen LogP contribution in [0.3, 0.4) is 0 Å². The van der Waals surface area contributed by atoms with Gasteiger partial charge in [0.25, 0.3) is 15.9 Å². The lowest BCUT2D eigenvalue weighted by molar-refractivity contribution is 0.0937. The zero-order valence-corrected chi connectivity index (χ0v) is 17.2. The Morgan fingerprint density at radius 2 is 2.07 bits per heavy atom. The lowest BCUT2D eigenvalue weighted by Crippen LogP contribution is -2.44. The summed E-state index contributed by atoms with van der Waals surface area (Å²) in [5.74, 6) is -0.261. The molecule has 0 unspecified atom stereocenters. The van der Waals surface area contributed by atoms with Crippen LogP contribution < -0.4 is 20.3 Å². The van der Waals surface area contributed by atoms with Crippen molar-refractivity contribution in [2.24, 2.45) is 0 Å². The molecule has 1 aromatic heterocycles. The van der Waals surface area contributed by atoms with Gasteiger partial charge in [-0.05, 0) is 29.6 Å². The summed E-state index contributed by atoms with van der Waals surface area (Å²) in [6.07, 6.45) is 0. The lowest BCUT2D eigenvalue weighted by Gasteiger charge is -2.31. The molecule has 1 saturated heterocycles. The molecule has 0 saturated carbocycles. The smallest absolute Gasteiger partial charge is 0.271 e. The highest BCUT2D eigenvalue weighted by Crippen LogP contribution is 2.27. The average molecular weight is 425 g/mol. The van der Waals surface area contributed by atoms with E-state index in [2.05, 4.69) is 20.3 Å². The number of thiophene rings is 1. The summed E-state index contributed by atoms with van der Waals surface area (Å²) in [6, 6.07) is 8.30. The Hall–Kier alpha value is -2.14. The second-order valence-electron chi connectivity index (χ2n) is 6.26. The molecule has 28 heavy (non-hydrogen) atoms. The fraction of sp³-hybridized carbons (Fsp3) is 0.389. The second kappa shape index (κ2) is 9.37. The molecule has 10 heteroatoms. The Balaban J connectivity index is 1.88. The van der Waals surface area contributed by atoms with Crippen LogP contribution in [0.25, 0.3) is 0 Å². The monoisotopic (exact) mass is 424 g/mol. The van der Waals surface area contributed by atoms with E-state index in [1.807, 2.05) is 0 Å². The van der Waals surface area contributed by atoms with E-state index in [-0.39, 0.29) is 10.1 Å². The van der Waals surface area contributed by atoms with Gasteiger partial charge in [-0.3, -0.25) is 9.52 Å². The third-order valence-corrected chi connectivity index (χ3v) is 7.08. The van der Waals surface area contributed by atoms with E-state index in [4.69, 9.17) is 4.74 Å². The van der Waals surface area contributed by atoms with E-state index >= 15 is 0 Å². The second-order valence-corrected chi connectivity index (χ2v) is 9.11. The predicted molar refractivity (Wildman–Crippen MR) is 111 cm³/mol. The molecule has 3 rings (SSSR count). The topological polar surface area (TPSA) is 99.8 Å². The van der Waals surface area contributed by atoms with E-state index in [0.717, 1.165) is 43.2 Å². The number of rotatable bonds is 8. The molecule has 1 fully saturated rings. The summed E-state index contributed by atoms with van der Waals surface area (Å²) >= 11 is 1.14. The van der Waals surface area contributed by atoms with Gasteiger partial charge in [0.15, 0.2) is 0 Å². The molecule has 8 nitrogen and oxygen atoms in total. The first-order valence-electron chi connectivity index (χ1n) is 8.94. The number of anilines is 2. The van der Waals surface area contributed by atoms with Crippen LogP contribution in [-0.4, -0.2) is 60.8 Å². The molecule has 1 amide bonds. The van der Waals surface area contributed by atoms with Crippen LogP contribution in [0.1, 0.15) is 10.4 Å². The van der Waals surface area contributed by atoms with Crippen molar-refractivity contribution in [3.63, 3.8) is 0 Å². The summed E-state index contributed by atoms with van der Waals surface area (Å²) in [6.45, 7) is 3.99. The number of hydrogen-bond donors (Lipinski definition) is 3. The Kier molecular flexibility index (Phi) is 6.89. The molecule has 0 aliphatic carbocycles. The van der Waals surface area contributed by atoms with Gasteiger partial charge in [0.2, 0.25) is 0 Å². The molecule has 1 aromatic carbocycles. The maximum Gasteiger partial charge on any atom is 0.271 e. The molecule has 2 heterocycles. The molecule has 0 spiro atoms. The standard InChI is InChI=1S/C18H24N4O4S2/c1-26-11-8-20-18(23)15-13-14(21-28(24,25)17-3-2-12-27-17)4-5-16(15)22-9-6-19-7-10-22/h2-5,12-13,19,21H,6-11H2,1H3,(H,20,23). The summed E-state index contributed by atoms with van der Waals surface area (Å²) < 4.78 is 32.8. The molecule has 2 aromatic rings. The third-order valence-electron chi connectivity index (χ3n) is 4.30. The zero-order chi connectivity index (χ0) is 20.0. The van der Waals surface area contributed by atoms with Gasteiger partial charge in [-0.2, -0.15) is 0 Å². The first kappa shape index (κ1) is 20.6. The number of sulfonamides is 1. The van der Waals surface area contributed by atoms with Gasteiger partial charge in [-0.15, -0.1) is 11.3 Å². The van der Waals surface area contributed by atoms with Gasteiger partial charge in [0, 0.05) is 51.2 Å². The number of ether oxygens (including phenoxy) is 1. The highest BCUT2D eigenvalue weighted by Gasteiger charge is 2.21. The van der Waals surface area contributed by atoms with Crippen molar-refractivity contribution in [2.45, 2.75) is 4.21 Å². The molecule has 3 N–H and O–H groups in total. The molecule has 0 atom stereocenters. The Labute approximate surface area is 168 Å². The minimum atomic E-state index is -3.68. The molecule has 0 radical (unpaired) electrons. The summed E-state index contributed by atoms with van der Waals surface area (Å²) in [5.41, 5.74) is 1.57. The maximum absolute atomic E-state index is 12.7. The molecule has 152 valence electrons. The van der Waals surface area contributed by atoms with Gasteiger partial charge in [0.1, 0.15) is 4.21 Å². The number of hydrogen-bond acceptors (Lipinski definition) is 7. The van der Waals surface area contributed by atoms with Gasteiger partial charge >= 0.3 is 0 Å². The highest BCUT2D eigenvalue weighted by atomic mass is 32.2. The maximum atomic E-state index is 12.7. The highest BCUT2D eigenvalue weighted by molar-refractivity contribution is 7.94. The fourth-order valence-electron chi connectivity index (χ4n) is 2.95. The normalized spacial score (nSPS) is 14.7. The number of amides is 1. The summed E-state index contributed by atoms with van der Waals surface area (Å²) in [4.78, 5) is 14.9. The van der Waals surface area contributed by atoms with Crippen molar-refractivity contribution in [1.82, 2.24) is 10.6 Å². The SMILES string of the molecule is COCCNC(=O)c1cc(NS(=O)(=O)c2cccs2)ccc1N1CCNCC1. The number of nitrogens with zero attached hydrogens (tertiary/aromatic N) is 1. The minimum Gasteiger partial charge on any atom is -0.383 e. The van der Waals surface area contributed by atoms with Crippen LogP contribution in [0.4, 0.5) is 11.4 Å². The van der Waals surface area contributed by atoms with Crippen LogP contribution in [-0.2, 0) is 14.8 Å². The number of piperazine rings is 1. The van der Waals surface area contributed by atoms with Crippen LogP contribution >= 0.6 is 11.3 Å². The van der Waals surface area contributed by atoms with Crippen molar-refractivity contribution in [3.8, 4) is 0 Å². The van der Waals surface area contributed by atoms with Crippen LogP contribution in [0.2, 0.25) is 0 Å². The number of benzene rings is 1. The van der Waals surface area contributed by atoms with Gasteiger partial charge in [-0.25, -0.2) is 8.42 Å². The van der Waals surface area contributed by atoms with Crippen molar-refractivity contribution in [2.75, 3.05) is 56.1 Å². The number of carbonyl (C=O) groups excluding carboxylic acids is 1. The van der Waals surface area contributed by atoms with E-state index in [9.17, 15) is 13.2 Å². The number of nitrogens with one attached hydrogen (secondary N) is 3. The van der Waals surface area contributed by atoms with Gasteiger partial charge in [-0.1, -0.05) is 6.07 Å². The van der Waals surface area contributed by atoms with Gasteiger partial charge < -0.3 is 20.3 Å². The van der Waals surface area contributed by atoms with Gasteiger partial charge in [0.05, 0.1) is 12.2 Å². The zero-order valence-electron chi connectivity index (χ0n) is 15.6. The van der Waals surface area contributed by atoms with E-state index in [0.29, 0.717) is 24.4 Å². The third kappa shape index (κ3) is 5.02. The Bertz CT molecular complexity index is 894. The van der Waals surface area contributed by atoms with Crippen molar-refractivity contribution in [1.29, 1.82) is 0 Å². The van der Waals surface area contributed by atoms with Crippen LogP contribution in [0, 0.1) is 0 Å². The van der Waals surface area contributed by atoms with Crippen LogP contribution in [0.5, 0.6) is 0 Å². The summed E-state index contributed by atoms with van der Waals surface area (Å²) in [5, 5.41) is 7.80. The largest absolute Gasteiger partial charge is 0.383 e. The molecule has 0 bridgehead atoms. The lowest BCUT2D eigenvalue weighted by atomic mass is 10.1. The average Bonchev–Trinajstić information content (AvgIpc) is 3.24. The summed E-state index contributed by atoms with van der Waals surface area (Å²) in [7, 11) is -2.11. The van der Waals surface area contributed by atoms with Crippen molar-refractivity contribution < 1.29 is 17.9 Å². The van der Waals surface area contributed by atoms with Crippen molar-refractivity contribution in [3.05, 3.63) is 41.3 Å². The molecule has 1 aliphatic rings. The van der Waals surface area contributed by atoms with E-state index in [1.165, 1.54) is 0 Å². The quantitative estimate of drug-likeness (QED) is 0.553.